The van der Waals surface area contributed by atoms with Crippen LogP contribution in [0.1, 0.15) is 12.8 Å². The number of sulfonamides is 1. The molecule has 0 aromatic carbocycles. The first-order valence-corrected chi connectivity index (χ1v) is 13.8. The molecule has 5 fully saturated rings. The summed E-state index contributed by atoms with van der Waals surface area (Å²) >= 11 is 0. The lowest BCUT2D eigenvalue weighted by molar-refractivity contribution is -0.128. The molecule has 0 aromatic rings. The van der Waals surface area contributed by atoms with Crippen LogP contribution in [0.5, 0.6) is 0 Å². The number of nitrogens with two attached hydrogens (primary N) is 1. The molecule has 1 amide bonds. The molecule has 34 heavy (non-hydrogen) atoms. The molecular formula is C20H37FN8O4S. The highest BCUT2D eigenvalue weighted by atomic mass is 32.2. The van der Waals surface area contributed by atoms with Gasteiger partial charge in [0.05, 0.1) is 30.9 Å². The molecule has 5 aliphatic rings. The summed E-state index contributed by atoms with van der Waals surface area (Å²) < 4.78 is 46.4. The Labute approximate surface area is 200 Å². The van der Waals surface area contributed by atoms with E-state index in [1.54, 1.807) is 9.31 Å². The summed E-state index contributed by atoms with van der Waals surface area (Å²) in [4.78, 5) is 15.6. The van der Waals surface area contributed by atoms with Crippen molar-refractivity contribution >= 4 is 15.9 Å². The second-order valence-corrected chi connectivity index (χ2v) is 12.1. The Morgan fingerprint density at radius 2 is 1.94 bits per heavy atom. The van der Waals surface area contributed by atoms with Gasteiger partial charge in [0.25, 0.3) is 0 Å². The summed E-state index contributed by atoms with van der Waals surface area (Å²) in [6, 6.07) is -0.00695. The molecule has 0 bridgehead atoms. The van der Waals surface area contributed by atoms with Crippen LogP contribution < -0.4 is 27.1 Å². The van der Waals surface area contributed by atoms with E-state index in [9.17, 15) is 17.6 Å². The first-order chi connectivity index (χ1) is 16.3. The van der Waals surface area contributed by atoms with Gasteiger partial charge in [0.2, 0.25) is 15.9 Å². The lowest BCUT2D eigenvalue weighted by atomic mass is 9.96. The highest BCUT2D eigenvalue weighted by Gasteiger charge is 2.48. The molecule has 5 saturated heterocycles. The summed E-state index contributed by atoms with van der Waals surface area (Å²) in [7, 11) is -3.34. The molecule has 5 aliphatic heterocycles. The molecule has 0 saturated carbocycles. The fourth-order valence-corrected chi connectivity index (χ4v) is 7.69. The van der Waals surface area contributed by atoms with Gasteiger partial charge in [-0.3, -0.25) is 15.0 Å². The largest absolute Gasteiger partial charge is 0.380 e. The molecule has 194 valence electrons. The number of hydrazine groups is 1. The first-order valence-electron chi connectivity index (χ1n) is 12.3. The van der Waals surface area contributed by atoms with E-state index in [0.29, 0.717) is 45.8 Å². The zero-order chi connectivity index (χ0) is 23.9. The smallest absolute Gasteiger partial charge is 0.229 e. The van der Waals surface area contributed by atoms with Crippen molar-refractivity contribution < 1.29 is 22.3 Å². The van der Waals surface area contributed by atoms with Gasteiger partial charge in [0.15, 0.2) is 0 Å². The summed E-state index contributed by atoms with van der Waals surface area (Å²) in [6.07, 6.45) is -0.521. The fourth-order valence-electron chi connectivity index (χ4n) is 5.94. The van der Waals surface area contributed by atoms with Crippen molar-refractivity contribution in [3.63, 3.8) is 0 Å². The van der Waals surface area contributed by atoms with Gasteiger partial charge in [-0.15, -0.1) is 0 Å². The molecule has 0 radical (unpaired) electrons. The third kappa shape index (κ3) is 4.84. The predicted molar refractivity (Wildman–Crippen MR) is 122 cm³/mol. The maximum absolute atomic E-state index is 13.7. The second-order valence-electron chi connectivity index (χ2n) is 9.92. The number of rotatable bonds is 5. The number of carbonyl (C=O) groups excluding carboxylic acids is 1. The number of nitrogens with zero attached hydrogens (tertiary/aromatic N) is 3. The molecule has 0 aromatic heterocycles. The highest BCUT2D eigenvalue weighted by Crippen LogP contribution is 2.24. The minimum atomic E-state index is -3.34. The Balaban J connectivity index is 1.19. The van der Waals surface area contributed by atoms with Crippen molar-refractivity contribution in [2.45, 2.75) is 48.7 Å². The SMILES string of the molecule is NC1NN2CC(F)CNC2C1C(=O)NC1CNCCC1N1CCN(S(=O)(=O)C2CCOC2)CC1. The van der Waals surface area contributed by atoms with Gasteiger partial charge in [-0.1, -0.05) is 0 Å². The van der Waals surface area contributed by atoms with E-state index in [0.717, 1.165) is 13.0 Å². The lowest BCUT2D eigenvalue weighted by Gasteiger charge is -2.44. The van der Waals surface area contributed by atoms with Crippen LogP contribution in [0, 0.1) is 5.92 Å². The summed E-state index contributed by atoms with van der Waals surface area (Å²) in [5.74, 6) is -0.691. The van der Waals surface area contributed by atoms with Crippen molar-refractivity contribution in [2.24, 2.45) is 11.7 Å². The predicted octanol–water partition coefficient (Wildman–Crippen LogP) is -3.44. The number of hydrogen-bond donors (Lipinski definition) is 5. The van der Waals surface area contributed by atoms with E-state index < -0.39 is 33.5 Å². The number of halogens is 1. The Hall–Kier alpha value is -0.970. The second kappa shape index (κ2) is 10.2. The van der Waals surface area contributed by atoms with Crippen molar-refractivity contribution in [1.82, 2.24) is 35.6 Å². The summed E-state index contributed by atoms with van der Waals surface area (Å²) in [5, 5.41) is 10.9. The Morgan fingerprint density at radius 1 is 1.15 bits per heavy atom. The lowest BCUT2D eigenvalue weighted by Crippen LogP contribution is -2.65. The Bertz CT molecular complexity index is 838. The normalized spacial score (nSPS) is 40.8. The third-order valence-corrected chi connectivity index (χ3v) is 10.1. The van der Waals surface area contributed by atoms with Crippen LogP contribution in [-0.4, -0.2) is 130 Å². The zero-order valence-corrected chi connectivity index (χ0v) is 20.2. The third-order valence-electron chi connectivity index (χ3n) is 7.81. The molecular weight excluding hydrogens is 467 g/mol. The maximum atomic E-state index is 13.7. The van der Waals surface area contributed by atoms with E-state index in [-0.39, 0.29) is 43.9 Å². The molecule has 12 nitrogen and oxygen atoms in total. The highest BCUT2D eigenvalue weighted by molar-refractivity contribution is 7.89. The number of nitrogens with one attached hydrogen (secondary N) is 4. The van der Waals surface area contributed by atoms with Crippen LogP contribution in [-0.2, 0) is 19.6 Å². The van der Waals surface area contributed by atoms with Crippen LogP contribution >= 0.6 is 0 Å². The number of piperazine rings is 1. The number of carbonyl (C=O) groups is 1. The molecule has 7 unspecified atom stereocenters. The zero-order valence-electron chi connectivity index (χ0n) is 19.4. The monoisotopic (exact) mass is 504 g/mol. The van der Waals surface area contributed by atoms with Crippen molar-refractivity contribution in [1.29, 1.82) is 0 Å². The standard InChI is InChI=1S/C20H37FN8O4S/c21-13-9-24-19-17(18(22)26-29(19)11-13)20(30)25-15-10-23-3-1-16(15)27-4-6-28(7-5-27)34(31,32)14-2-8-33-12-14/h13-19,23-24,26H,1-12,22H2,(H,25,30). The van der Waals surface area contributed by atoms with Crippen molar-refractivity contribution in [3.8, 4) is 0 Å². The van der Waals surface area contributed by atoms with Gasteiger partial charge in [-0.2, -0.15) is 4.31 Å². The van der Waals surface area contributed by atoms with Gasteiger partial charge in [0, 0.05) is 58.5 Å². The van der Waals surface area contributed by atoms with Crippen LogP contribution in [0.4, 0.5) is 4.39 Å². The van der Waals surface area contributed by atoms with Crippen LogP contribution in [0.15, 0.2) is 0 Å². The van der Waals surface area contributed by atoms with E-state index in [4.69, 9.17) is 10.5 Å². The maximum Gasteiger partial charge on any atom is 0.229 e. The quantitative estimate of drug-likeness (QED) is 0.256. The van der Waals surface area contributed by atoms with Gasteiger partial charge in [-0.05, 0) is 19.4 Å². The molecule has 7 atom stereocenters. The molecule has 5 rings (SSSR count). The van der Waals surface area contributed by atoms with Gasteiger partial charge < -0.3 is 21.1 Å². The average molecular weight is 505 g/mol. The molecule has 0 spiro atoms. The molecule has 0 aliphatic carbocycles. The van der Waals surface area contributed by atoms with Gasteiger partial charge in [0.1, 0.15) is 11.4 Å². The van der Waals surface area contributed by atoms with E-state index in [2.05, 4.69) is 26.3 Å². The fraction of sp³-hybridized carbons (Fsp3) is 0.950. The van der Waals surface area contributed by atoms with Gasteiger partial charge >= 0.3 is 0 Å². The molecule has 5 heterocycles. The first kappa shape index (κ1) is 24.7. The van der Waals surface area contributed by atoms with Crippen LogP contribution in [0.3, 0.4) is 0 Å². The van der Waals surface area contributed by atoms with E-state index >= 15 is 0 Å². The average Bonchev–Trinajstić information content (AvgIpc) is 3.47. The minimum absolute atomic E-state index is 0.112. The van der Waals surface area contributed by atoms with Crippen LogP contribution in [0.2, 0.25) is 0 Å². The molecule has 6 N–H and O–H groups in total. The number of hydrogen-bond acceptors (Lipinski definition) is 10. The minimum Gasteiger partial charge on any atom is -0.380 e. The molecule has 14 heteroatoms. The van der Waals surface area contributed by atoms with E-state index in [1.807, 2.05) is 0 Å². The number of fused-ring (bicyclic) bond motifs is 1. The Kier molecular flexibility index (Phi) is 7.40. The van der Waals surface area contributed by atoms with Gasteiger partial charge in [-0.25, -0.2) is 23.2 Å². The summed E-state index contributed by atoms with van der Waals surface area (Å²) in [5.41, 5.74) is 9.22. The Morgan fingerprint density at radius 3 is 2.68 bits per heavy atom. The van der Waals surface area contributed by atoms with E-state index in [1.165, 1.54) is 0 Å². The number of piperidine rings is 1. The number of alkyl halides is 1. The number of amides is 1. The van der Waals surface area contributed by atoms with Crippen molar-refractivity contribution in [3.05, 3.63) is 0 Å². The van der Waals surface area contributed by atoms with Crippen LogP contribution in [0.25, 0.3) is 0 Å². The topological polar surface area (TPSA) is 144 Å². The number of ether oxygens (including phenoxy) is 1. The van der Waals surface area contributed by atoms with Crippen molar-refractivity contribution in [2.75, 3.05) is 65.6 Å². The summed E-state index contributed by atoms with van der Waals surface area (Å²) in [6.45, 7) is 4.82.